The summed E-state index contributed by atoms with van der Waals surface area (Å²) in [5, 5.41) is 0. The Balaban J connectivity index is 3.54. The Hall–Kier alpha value is 0.110. The fourth-order valence-corrected chi connectivity index (χ4v) is 2.79. The zero-order valence-electron chi connectivity index (χ0n) is 14.3. The first-order valence-corrected chi connectivity index (χ1v) is 10.0. The second kappa shape index (κ2) is 12.6. The third-order valence-corrected chi connectivity index (χ3v) is 5.10. The predicted molar refractivity (Wildman–Crippen MR) is 88.3 cm³/mol. The molecule has 0 aromatic rings. The minimum absolute atomic E-state index is 0.303. The third-order valence-electron chi connectivity index (χ3n) is 4.09. The Labute approximate surface area is 131 Å². The van der Waals surface area contributed by atoms with E-state index in [1.54, 1.807) is 0 Å². The molecule has 0 saturated carbocycles. The highest BCUT2D eigenvalue weighted by atomic mass is 31.2. The highest BCUT2D eigenvalue weighted by molar-refractivity contribution is 7.47. The summed E-state index contributed by atoms with van der Waals surface area (Å²) in [5.74, 6) is 1.43. The number of phosphoric acid groups is 1. The molecule has 0 heterocycles. The van der Waals surface area contributed by atoms with Crippen LogP contribution in [0.4, 0.5) is 0 Å². The summed E-state index contributed by atoms with van der Waals surface area (Å²) in [5.41, 5.74) is 0. The van der Waals surface area contributed by atoms with Crippen molar-refractivity contribution in [1.82, 2.24) is 0 Å². The van der Waals surface area contributed by atoms with Crippen LogP contribution < -0.4 is 0 Å². The van der Waals surface area contributed by atoms with Gasteiger partial charge in [0.05, 0.1) is 13.2 Å². The summed E-state index contributed by atoms with van der Waals surface area (Å²) in [6.45, 7) is 9.41. The Morgan fingerprint density at radius 2 is 1.24 bits per heavy atom. The van der Waals surface area contributed by atoms with Gasteiger partial charge in [0.25, 0.3) is 0 Å². The van der Waals surface area contributed by atoms with Crippen LogP contribution in [0.15, 0.2) is 0 Å². The van der Waals surface area contributed by atoms with Crippen molar-refractivity contribution in [3.63, 3.8) is 0 Å². The van der Waals surface area contributed by atoms with Gasteiger partial charge in [0.15, 0.2) is 0 Å². The first-order chi connectivity index (χ1) is 9.91. The fourth-order valence-electron chi connectivity index (χ4n) is 2.00. The Bertz CT molecular complexity index is 259. The van der Waals surface area contributed by atoms with Crippen LogP contribution in [0.1, 0.15) is 79.1 Å². The molecule has 0 fully saturated rings. The first kappa shape index (κ1) is 21.1. The summed E-state index contributed by atoms with van der Waals surface area (Å²) in [6, 6.07) is 0. The average molecular weight is 322 g/mol. The van der Waals surface area contributed by atoms with Crippen molar-refractivity contribution >= 4 is 7.82 Å². The lowest BCUT2D eigenvalue weighted by atomic mass is 10.0. The van der Waals surface area contributed by atoms with E-state index < -0.39 is 7.82 Å². The average Bonchev–Trinajstić information content (AvgIpc) is 2.45. The van der Waals surface area contributed by atoms with Crippen LogP contribution in [0.25, 0.3) is 0 Å². The van der Waals surface area contributed by atoms with Crippen molar-refractivity contribution < 1.29 is 18.5 Å². The van der Waals surface area contributed by atoms with E-state index in [1.807, 2.05) is 0 Å². The van der Waals surface area contributed by atoms with E-state index in [-0.39, 0.29) is 0 Å². The van der Waals surface area contributed by atoms with E-state index in [2.05, 4.69) is 27.7 Å². The number of unbranched alkanes of at least 4 members (excludes halogenated alkanes) is 2. The molecule has 0 amide bonds. The van der Waals surface area contributed by atoms with Crippen LogP contribution in [0.2, 0.25) is 0 Å². The van der Waals surface area contributed by atoms with E-state index in [0.717, 1.165) is 38.5 Å². The Kier molecular flexibility index (Phi) is 12.7. The van der Waals surface area contributed by atoms with Gasteiger partial charge in [-0.25, -0.2) is 4.57 Å². The molecule has 0 bridgehead atoms. The van der Waals surface area contributed by atoms with E-state index in [0.29, 0.717) is 25.0 Å². The molecule has 2 unspecified atom stereocenters. The maximum absolute atomic E-state index is 11.6. The molecule has 0 aliphatic carbocycles. The van der Waals surface area contributed by atoms with Crippen molar-refractivity contribution in [1.29, 1.82) is 0 Å². The minimum Gasteiger partial charge on any atom is -0.302 e. The molecule has 2 atom stereocenters. The van der Waals surface area contributed by atoms with Crippen LogP contribution in [-0.4, -0.2) is 18.1 Å². The maximum atomic E-state index is 11.6. The normalized spacial score (nSPS) is 17.4. The van der Waals surface area contributed by atoms with Gasteiger partial charge in [-0.1, -0.05) is 66.2 Å². The van der Waals surface area contributed by atoms with Crippen molar-refractivity contribution in [2.45, 2.75) is 79.1 Å². The number of hydrogen-bond acceptors (Lipinski definition) is 3. The number of rotatable bonds is 14. The van der Waals surface area contributed by atoms with Crippen molar-refractivity contribution in [3.05, 3.63) is 0 Å². The van der Waals surface area contributed by atoms with Crippen LogP contribution in [0, 0.1) is 11.8 Å². The zero-order chi connectivity index (χ0) is 16.1. The number of phosphoric ester groups is 1. The summed E-state index contributed by atoms with van der Waals surface area (Å²) >= 11 is 0. The summed E-state index contributed by atoms with van der Waals surface area (Å²) < 4.78 is 21.6. The van der Waals surface area contributed by atoms with Crippen LogP contribution >= 0.6 is 7.82 Å². The molecule has 0 aromatic carbocycles. The van der Waals surface area contributed by atoms with E-state index in [4.69, 9.17) is 9.05 Å². The standard InChI is InChI=1S/C16H35O4P/c1-5-15(3)11-7-9-13-19-21(17,18)20-14-10-8-12-16(4)6-2/h15-16H,5-14H2,1-4H3,(H,17,18). The molecule has 1 N–H and O–H groups in total. The lowest BCUT2D eigenvalue weighted by molar-refractivity contribution is 0.144. The molecular formula is C16H35O4P. The molecule has 0 rings (SSSR count). The van der Waals surface area contributed by atoms with Crippen molar-refractivity contribution in [3.8, 4) is 0 Å². The van der Waals surface area contributed by atoms with Gasteiger partial charge in [0, 0.05) is 0 Å². The molecule has 0 radical (unpaired) electrons. The smallest absolute Gasteiger partial charge is 0.302 e. The van der Waals surface area contributed by atoms with Crippen LogP contribution in [-0.2, 0) is 13.6 Å². The van der Waals surface area contributed by atoms with E-state index in [1.165, 1.54) is 12.8 Å². The molecule has 5 heteroatoms. The SMILES string of the molecule is CCC(C)CCCCOP(=O)(O)OCCCCC(C)CC. The maximum Gasteiger partial charge on any atom is 0.472 e. The van der Waals surface area contributed by atoms with E-state index >= 15 is 0 Å². The predicted octanol–water partition coefficient (Wildman–Crippen LogP) is 5.55. The topological polar surface area (TPSA) is 55.8 Å². The zero-order valence-corrected chi connectivity index (χ0v) is 15.2. The van der Waals surface area contributed by atoms with Crippen LogP contribution in [0.3, 0.4) is 0 Å². The van der Waals surface area contributed by atoms with Gasteiger partial charge >= 0.3 is 7.82 Å². The molecule has 0 aliphatic heterocycles. The summed E-state index contributed by atoms with van der Waals surface area (Å²) in [4.78, 5) is 9.53. The highest BCUT2D eigenvalue weighted by Gasteiger charge is 2.20. The molecule has 0 aromatic heterocycles. The van der Waals surface area contributed by atoms with Gasteiger partial charge in [-0.05, 0) is 24.7 Å². The van der Waals surface area contributed by atoms with Gasteiger partial charge in [0.2, 0.25) is 0 Å². The van der Waals surface area contributed by atoms with E-state index in [9.17, 15) is 9.46 Å². The van der Waals surface area contributed by atoms with Gasteiger partial charge in [-0.2, -0.15) is 0 Å². The quantitative estimate of drug-likeness (QED) is 0.336. The summed E-state index contributed by atoms with van der Waals surface area (Å²) in [6.07, 6.45) is 8.34. The molecular weight excluding hydrogens is 287 g/mol. The lowest BCUT2D eigenvalue weighted by Gasteiger charge is -2.13. The fraction of sp³-hybridized carbons (Fsp3) is 1.00. The molecule has 4 nitrogen and oxygen atoms in total. The van der Waals surface area contributed by atoms with Crippen LogP contribution in [0.5, 0.6) is 0 Å². The van der Waals surface area contributed by atoms with Crippen molar-refractivity contribution in [2.24, 2.45) is 11.8 Å². The monoisotopic (exact) mass is 322 g/mol. The Morgan fingerprint density at radius 3 is 1.57 bits per heavy atom. The van der Waals surface area contributed by atoms with Gasteiger partial charge in [-0.3, -0.25) is 9.05 Å². The Morgan fingerprint density at radius 1 is 0.857 bits per heavy atom. The summed E-state index contributed by atoms with van der Waals surface area (Å²) in [7, 11) is -3.83. The molecule has 0 spiro atoms. The number of hydrogen-bond donors (Lipinski definition) is 1. The lowest BCUT2D eigenvalue weighted by Crippen LogP contribution is -2.00. The minimum atomic E-state index is -3.83. The molecule has 0 aliphatic rings. The van der Waals surface area contributed by atoms with Gasteiger partial charge in [0.1, 0.15) is 0 Å². The van der Waals surface area contributed by atoms with Gasteiger partial charge < -0.3 is 4.89 Å². The molecule has 0 saturated heterocycles. The largest absolute Gasteiger partial charge is 0.472 e. The first-order valence-electron chi connectivity index (χ1n) is 8.53. The third kappa shape index (κ3) is 13.5. The second-order valence-electron chi connectivity index (χ2n) is 6.15. The van der Waals surface area contributed by atoms with Gasteiger partial charge in [-0.15, -0.1) is 0 Å². The molecule has 128 valence electrons. The second-order valence-corrected chi connectivity index (χ2v) is 7.61. The molecule has 21 heavy (non-hydrogen) atoms. The van der Waals surface area contributed by atoms with Crippen molar-refractivity contribution in [2.75, 3.05) is 13.2 Å². The highest BCUT2D eigenvalue weighted by Crippen LogP contribution is 2.43.